The highest BCUT2D eigenvalue weighted by Gasteiger charge is 2.32. The van der Waals surface area contributed by atoms with Crippen molar-refractivity contribution in [3.8, 4) is 0 Å². The molecule has 1 aromatic heterocycles. The van der Waals surface area contributed by atoms with E-state index in [1.54, 1.807) is 11.5 Å². The first-order valence-electron chi connectivity index (χ1n) is 10.2. The lowest BCUT2D eigenvalue weighted by atomic mass is 9.96. The summed E-state index contributed by atoms with van der Waals surface area (Å²) >= 11 is 1.33. The monoisotopic (exact) mass is 432 g/mol. The zero-order valence-corrected chi connectivity index (χ0v) is 18.8. The Morgan fingerprint density at radius 3 is 2.42 bits per heavy atom. The van der Waals surface area contributed by atoms with Crippen LogP contribution in [0.3, 0.4) is 0 Å². The number of carbonyl (C=O) groups is 1. The van der Waals surface area contributed by atoms with Crippen LogP contribution in [0.25, 0.3) is 6.08 Å². The normalized spacial score (nSPS) is 16.3. The maximum atomic E-state index is 13.4. The molecule has 6 heteroatoms. The highest BCUT2D eigenvalue weighted by molar-refractivity contribution is 7.07. The second kappa shape index (κ2) is 8.47. The molecule has 0 unspecified atom stereocenters. The van der Waals surface area contributed by atoms with E-state index in [9.17, 15) is 9.59 Å². The lowest BCUT2D eigenvalue weighted by Gasteiger charge is -2.24. The molecule has 0 saturated heterocycles. The number of thiazole rings is 1. The van der Waals surface area contributed by atoms with Crippen molar-refractivity contribution in [1.82, 2.24) is 4.57 Å². The second-order valence-corrected chi connectivity index (χ2v) is 8.81. The first-order valence-corrected chi connectivity index (χ1v) is 11.0. The van der Waals surface area contributed by atoms with Crippen LogP contribution in [0.1, 0.15) is 49.4 Å². The van der Waals surface area contributed by atoms with Crippen LogP contribution < -0.4 is 14.9 Å². The molecule has 5 nitrogen and oxygen atoms in total. The fourth-order valence-electron chi connectivity index (χ4n) is 3.77. The van der Waals surface area contributed by atoms with Gasteiger partial charge in [-0.05, 0) is 35.6 Å². The van der Waals surface area contributed by atoms with E-state index in [1.165, 1.54) is 24.0 Å². The summed E-state index contributed by atoms with van der Waals surface area (Å²) < 4.78 is 7.21. The van der Waals surface area contributed by atoms with Gasteiger partial charge in [-0.1, -0.05) is 79.8 Å². The molecule has 1 atom stereocenters. The molecular weight excluding hydrogens is 408 g/mol. The molecule has 0 radical (unpaired) electrons. The minimum Gasteiger partial charge on any atom is -0.466 e. The summed E-state index contributed by atoms with van der Waals surface area (Å²) in [7, 11) is 1.34. The number of carbonyl (C=O) groups excluding carboxylic acids is 1. The number of aromatic nitrogens is 1. The van der Waals surface area contributed by atoms with Crippen LogP contribution in [0.2, 0.25) is 0 Å². The number of nitrogens with zero attached hydrogens (tertiary/aromatic N) is 2. The number of rotatable bonds is 4. The van der Waals surface area contributed by atoms with Gasteiger partial charge in [-0.15, -0.1) is 0 Å². The second-order valence-electron chi connectivity index (χ2n) is 7.81. The van der Waals surface area contributed by atoms with Crippen LogP contribution in [0.4, 0.5) is 0 Å². The summed E-state index contributed by atoms with van der Waals surface area (Å²) in [5.74, 6) is -0.0291. The Hall–Kier alpha value is -3.25. The first-order chi connectivity index (χ1) is 14.9. The predicted octanol–water partition coefficient (Wildman–Crippen LogP) is 3.53. The number of fused-ring (bicyclic) bond motifs is 1. The van der Waals surface area contributed by atoms with Gasteiger partial charge >= 0.3 is 5.97 Å². The molecule has 31 heavy (non-hydrogen) atoms. The highest BCUT2D eigenvalue weighted by atomic mass is 32.1. The van der Waals surface area contributed by atoms with Gasteiger partial charge in [-0.2, -0.15) is 0 Å². The van der Waals surface area contributed by atoms with E-state index >= 15 is 0 Å². The van der Waals surface area contributed by atoms with Crippen molar-refractivity contribution in [2.24, 2.45) is 4.99 Å². The van der Waals surface area contributed by atoms with Gasteiger partial charge in [0.05, 0.1) is 29.0 Å². The van der Waals surface area contributed by atoms with Gasteiger partial charge in [0.1, 0.15) is 0 Å². The van der Waals surface area contributed by atoms with E-state index in [4.69, 9.17) is 4.74 Å². The van der Waals surface area contributed by atoms with Crippen molar-refractivity contribution in [1.29, 1.82) is 0 Å². The maximum Gasteiger partial charge on any atom is 0.338 e. The first kappa shape index (κ1) is 21.0. The van der Waals surface area contributed by atoms with Crippen molar-refractivity contribution >= 4 is 23.4 Å². The lowest BCUT2D eigenvalue weighted by Crippen LogP contribution is -2.39. The molecule has 0 bridgehead atoms. The Kier molecular flexibility index (Phi) is 5.74. The number of benzene rings is 2. The van der Waals surface area contributed by atoms with Crippen molar-refractivity contribution in [2.45, 2.75) is 32.7 Å². The molecule has 0 saturated carbocycles. The van der Waals surface area contributed by atoms with Crippen molar-refractivity contribution in [2.75, 3.05) is 7.11 Å². The molecule has 2 heterocycles. The van der Waals surface area contributed by atoms with Crippen molar-refractivity contribution in [3.05, 3.63) is 102 Å². The van der Waals surface area contributed by atoms with Gasteiger partial charge in [0.2, 0.25) is 0 Å². The molecule has 158 valence electrons. The summed E-state index contributed by atoms with van der Waals surface area (Å²) in [5, 5.41) is 0. The standard InChI is InChI=1S/C25H24N2O3S/c1-15(2)18-12-10-17(11-13-18)14-20-23(28)27-22(19-8-6-5-7-9-19)21(24(29)30-4)16(3)26-25(27)31-20/h5-15,22H,1-4H3/b20-14-/t22-/m0/s1. The van der Waals surface area contributed by atoms with Crippen LogP contribution >= 0.6 is 11.3 Å². The summed E-state index contributed by atoms with van der Waals surface area (Å²) in [6, 6.07) is 17.2. The zero-order chi connectivity index (χ0) is 22.1. The maximum absolute atomic E-state index is 13.4. The number of hydrogen-bond acceptors (Lipinski definition) is 5. The van der Waals surface area contributed by atoms with Crippen LogP contribution in [-0.2, 0) is 9.53 Å². The topological polar surface area (TPSA) is 60.7 Å². The Morgan fingerprint density at radius 1 is 1.13 bits per heavy atom. The Morgan fingerprint density at radius 2 is 1.81 bits per heavy atom. The molecular formula is C25H24N2O3S. The lowest BCUT2D eigenvalue weighted by molar-refractivity contribution is -0.136. The van der Waals surface area contributed by atoms with Crippen LogP contribution in [0.15, 0.2) is 75.7 Å². The van der Waals surface area contributed by atoms with Crippen molar-refractivity contribution < 1.29 is 9.53 Å². The Labute approximate surface area is 184 Å². The fraction of sp³-hybridized carbons (Fsp3) is 0.240. The van der Waals surface area contributed by atoms with Gasteiger partial charge in [0.15, 0.2) is 4.80 Å². The van der Waals surface area contributed by atoms with E-state index in [-0.39, 0.29) is 5.56 Å². The zero-order valence-electron chi connectivity index (χ0n) is 18.0. The van der Waals surface area contributed by atoms with E-state index in [0.717, 1.165) is 11.1 Å². The quantitative estimate of drug-likeness (QED) is 0.593. The Bertz CT molecular complexity index is 1330. The molecule has 4 rings (SSSR count). The third kappa shape index (κ3) is 3.91. The molecule has 0 aliphatic carbocycles. The number of allylic oxidation sites excluding steroid dienone is 1. The third-order valence-corrected chi connectivity index (χ3v) is 6.43. The molecule has 2 aromatic carbocycles. The number of esters is 1. The molecule has 0 fully saturated rings. The average Bonchev–Trinajstić information content (AvgIpc) is 3.07. The van der Waals surface area contributed by atoms with Crippen LogP contribution in [-0.4, -0.2) is 17.6 Å². The van der Waals surface area contributed by atoms with Crippen LogP contribution in [0, 0.1) is 0 Å². The van der Waals surface area contributed by atoms with Gasteiger partial charge in [-0.25, -0.2) is 9.79 Å². The molecule has 0 spiro atoms. The number of hydrogen-bond donors (Lipinski definition) is 0. The molecule has 0 amide bonds. The third-order valence-electron chi connectivity index (χ3n) is 5.44. The molecule has 1 aliphatic rings. The number of methoxy groups -OCH3 is 1. The van der Waals surface area contributed by atoms with Crippen molar-refractivity contribution in [3.63, 3.8) is 0 Å². The summed E-state index contributed by atoms with van der Waals surface area (Å²) in [6.45, 7) is 6.08. The molecule has 3 aromatic rings. The summed E-state index contributed by atoms with van der Waals surface area (Å²) in [6.07, 6.45) is 1.88. The largest absolute Gasteiger partial charge is 0.466 e. The van der Waals surface area contributed by atoms with Crippen LogP contribution in [0.5, 0.6) is 0 Å². The SMILES string of the molecule is COC(=O)C1=C(C)N=c2s/c(=C\c3ccc(C(C)C)cc3)c(=O)n2[C@H]1c1ccccc1. The highest BCUT2D eigenvalue weighted by Crippen LogP contribution is 2.30. The number of ether oxygens (including phenoxy) is 1. The minimum absolute atomic E-state index is 0.167. The molecule has 1 aliphatic heterocycles. The van der Waals surface area contributed by atoms with Gasteiger partial charge in [-0.3, -0.25) is 9.36 Å². The van der Waals surface area contributed by atoms with Gasteiger partial charge < -0.3 is 4.74 Å². The smallest absolute Gasteiger partial charge is 0.338 e. The van der Waals surface area contributed by atoms with E-state index in [2.05, 4.69) is 31.0 Å². The minimum atomic E-state index is -0.574. The van der Waals surface area contributed by atoms with E-state index in [1.807, 2.05) is 48.5 Å². The summed E-state index contributed by atoms with van der Waals surface area (Å²) in [4.78, 5) is 31.2. The fourth-order valence-corrected chi connectivity index (χ4v) is 4.82. The predicted molar refractivity (Wildman–Crippen MR) is 123 cm³/mol. The average molecular weight is 433 g/mol. The van der Waals surface area contributed by atoms with E-state index < -0.39 is 12.0 Å². The van der Waals surface area contributed by atoms with Gasteiger partial charge in [0, 0.05) is 0 Å². The van der Waals surface area contributed by atoms with Gasteiger partial charge in [0.25, 0.3) is 5.56 Å². The summed E-state index contributed by atoms with van der Waals surface area (Å²) in [5.41, 5.74) is 3.82. The molecule has 0 N–H and O–H groups in total. The van der Waals surface area contributed by atoms with E-state index in [0.29, 0.717) is 26.5 Å². The Balaban J connectivity index is 1.91.